The van der Waals surface area contributed by atoms with Gasteiger partial charge in [0.1, 0.15) is 6.07 Å². The first kappa shape index (κ1) is 14.3. The van der Waals surface area contributed by atoms with Gasteiger partial charge >= 0.3 is 0 Å². The van der Waals surface area contributed by atoms with E-state index in [1.165, 1.54) is 4.68 Å². The average molecular weight is 309 g/mol. The van der Waals surface area contributed by atoms with Gasteiger partial charge < -0.3 is 4.90 Å². The van der Waals surface area contributed by atoms with Crippen molar-refractivity contribution in [2.45, 2.75) is 0 Å². The normalized spacial score (nSPS) is 10.8. The fourth-order valence-corrected chi connectivity index (χ4v) is 1.99. The number of nitrogens with zero attached hydrogens (tertiary/aromatic N) is 6. The zero-order valence-corrected chi connectivity index (χ0v) is 12.3. The molecule has 0 aliphatic heterocycles. The van der Waals surface area contributed by atoms with Crippen LogP contribution < -0.4 is 0 Å². The minimum Gasteiger partial charge on any atom is -0.369 e. The highest BCUT2D eigenvalue weighted by molar-refractivity contribution is 6.34. The van der Waals surface area contributed by atoms with Gasteiger partial charge in [-0.2, -0.15) is 9.94 Å². The first-order chi connectivity index (χ1) is 9.51. The Kier molecular flexibility index (Phi) is 4.23. The van der Waals surface area contributed by atoms with Crippen molar-refractivity contribution >= 4 is 35.4 Å². The molecule has 0 N–H and O–H groups in total. The Morgan fingerprint density at radius 1 is 1.30 bits per heavy atom. The van der Waals surface area contributed by atoms with Crippen LogP contribution in [0.25, 0.3) is 5.69 Å². The second-order valence-electron chi connectivity index (χ2n) is 4.12. The lowest BCUT2D eigenvalue weighted by Crippen LogP contribution is -2.07. The molecular weight excluding hydrogens is 299 g/mol. The van der Waals surface area contributed by atoms with E-state index in [0.717, 1.165) is 0 Å². The number of rotatable bonds is 3. The Balaban J connectivity index is 2.57. The third-order valence-corrected chi connectivity index (χ3v) is 2.69. The number of aliphatic imine (C=N–C) groups is 1. The van der Waals surface area contributed by atoms with Crippen molar-refractivity contribution in [2.24, 2.45) is 4.99 Å². The zero-order chi connectivity index (χ0) is 14.7. The Bertz CT molecular complexity index is 678. The minimum absolute atomic E-state index is 0.124. The SMILES string of the molecule is CN(C)/C=N/c1c(C#N)nnn1-c1cc(Cl)cc(Cl)c1. The molecule has 2 rings (SSSR count). The number of hydrogen-bond donors (Lipinski definition) is 0. The summed E-state index contributed by atoms with van der Waals surface area (Å²) < 4.78 is 1.41. The van der Waals surface area contributed by atoms with Crippen LogP contribution in [0.2, 0.25) is 10.0 Å². The molecule has 6 nitrogen and oxygen atoms in total. The predicted octanol–water partition coefficient (Wildman–Crippen LogP) is 2.67. The van der Waals surface area contributed by atoms with Gasteiger partial charge in [-0.1, -0.05) is 28.4 Å². The van der Waals surface area contributed by atoms with Crippen LogP contribution in [0.1, 0.15) is 5.69 Å². The Hall–Kier alpha value is -2.10. The second-order valence-corrected chi connectivity index (χ2v) is 4.99. The molecule has 0 saturated carbocycles. The molecule has 0 saturated heterocycles. The van der Waals surface area contributed by atoms with Gasteiger partial charge in [0.25, 0.3) is 0 Å². The molecule has 8 heteroatoms. The largest absolute Gasteiger partial charge is 0.369 e. The molecule has 2 aromatic rings. The van der Waals surface area contributed by atoms with Crippen molar-refractivity contribution in [3.63, 3.8) is 0 Å². The highest BCUT2D eigenvalue weighted by atomic mass is 35.5. The molecule has 0 fully saturated rings. The van der Waals surface area contributed by atoms with Crippen LogP contribution >= 0.6 is 23.2 Å². The summed E-state index contributed by atoms with van der Waals surface area (Å²) >= 11 is 11.9. The molecule has 0 atom stereocenters. The number of benzene rings is 1. The minimum atomic E-state index is 0.124. The molecule has 20 heavy (non-hydrogen) atoms. The Labute approximate surface area is 125 Å². The molecule has 1 aromatic carbocycles. The zero-order valence-electron chi connectivity index (χ0n) is 10.7. The Morgan fingerprint density at radius 2 is 1.95 bits per heavy atom. The first-order valence-electron chi connectivity index (χ1n) is 5.54. The maximum absolute atomic E-state index is 9.05. The van der Waals surface area contributed by atoms with Gasteiger partial charge in [0.05, 0.1) is 12.0 Å². The maximum Gasteiger partial charge on any atom is 0.209 e. The van der Waals surface area contributed by atoms with E-state index in [0.29, 0.717) is 21.6 Å². The van der Waals surface area contributed by atoms with Gasteiger partial charge in [-0.05, 0) is 18.2 Å². The lowest BCUT2D eigenvalue weighted by molar-refractivity contribution is 0.642. The van der Waals surface area contributed by atoms with E-state index in [1.807, 2.05) is 20.2 Å². The third-order valence-electron chi connectivity index (χ3n) is 2.26. The van der Waals surface area contributed by atoms with Crippen molar-refractivity contribution in [2.75, 3.05) is 14.1 Å². The maximum atomic E-state index is 9.05. The third kappa shape index (κ3) is 3.07. The number of halogens is 2. The van der Waals surface area contributed by atoms with Crippen LogP contribution in [-0.2, 0) is 0 Å². The van der Waals surface area contributed by atoms with Gasteiger partial charge in [-0.15, -0.1) is 5.10 Å². The topological polar surface area (TPSA) is 70.1 Å². The highest BCUT2D eigenvalue weighted by Gasteiger charge is 2.14. The van der Waals surface area contributed by atoms with E-state index in [9.17, 15) is 0 Å². The monoisotopic (exact) mass is 308 g/mol. The van der Waals surface area contributed by atoms with Crippen LogP contribution in [-0.4, -0.2) is 40.3 Å². The summed E-state index contributed by atoms with van der Waals surface area (Å²) in [6.07, 6.45) is 1.56. The fraction of sp³-hybridized carbons (Fsp3) is 0.167. The van der Waals surface area contributed by atoms with E-state index in [-0.39, 0.29) is 5.69 Å². The standard InChI is InChI=1S/C12H10Cl2N6/c1-19(2)7-16-12-11(6-15)17-18-20(12)10-4-8(13)3-9(14)5-10/h3-5,7H,1-2H3/b16-7+. The highest BCUT2D eigenvalue weighted by Crippen LogP contribution is 2.25. The lowest BCUT2D eigenvalue weighted by atomic mass is 10.3. The summed E-state index contributed by atoms with van der Waals surface area (Å²) in [6.45, 7) is 0. The summed E-state index contributed by atoms with van der Waals surface area (Å²) in [5, 5.41) is 17.7. The van der Waals surface area contributed by atoms with Crippen molar-refractivity contribution < 1.29 is 0 Å². The predicted molar refractivity (Wildman–Crippen MR) is 77.9 cm³/mol. The average Bonchev–Trinajstić information content (AvgIpc) is 2.77. The fourth-order valence-electron chi connectivity index (χ4n) is 1.47. The number of hydrogen-bond acceptors (Lipinski definition) is 4. The smallest absolute Gasteiger partial charge is 0.209 e. The Morgan fingerprint density at radius 3 is 2.50 bits per heavy atom. The summed E-state index contributed by atoms with van der Waals surface area (Å²) in [7, 11) is 3.64. The van der Waals surface area contributed by atoms with Crippen LogP contribution in [0.4, 0.5) is 5.82 Å². The number of aromatic nitrogens is 3. The molecule has 0 unspecified atom stereocenters. The van der Waals surface area contributed by atoms with Crippen LogP contribution in [0.5, 0.6) is 0 Å². The van der Waals surface area contributed by atoms with Crippen LogP contribution in [0.15, 0.2) is 23.2 Å². The molecule has 0 amide bonds. The van der Waals surface area contributed by atoms with Gasteiger partial charge in [0.2, 0.25) is 5.69 Å². The van der Waals surface area contributed by atoms with Crippen molar-refractivity contribution in [3.05, 3.63) is 33.9 Å². The van der Waals surface area contributed by atoms with Crippen LogP contribution in [0.3, 0.4) is 0 Å². The van der Waals surface area contributed by atoms with E-state index in [1.54, 1.807) is 29.4 Å². The molecule has 0 aliphatic rings. The summed E-state index contributed by atoms with van der Waals surface area (Å²) in [5.41, 5.74) is 0.710. The molecule has 1 heterocycles. The van der Waals surface area contributed by atoms with Gasteiger partial charge in [-0.3, -0.25) is 0 Å². The lowest BCUT2D eigenvalue weighted by Gasteiger charge is -2.06. The molecular formula is C12H10Cl2N6. The van der Waals surface area contributed by atoms with Crippen LogP contribution in [0, 0.1) is 11.3 Å². The van der Waals surface area contributed by atoms with Crippen molar-refractivity contribution in [1.82, 2.24) is 19.9 Å². The van der Waals surface area contributed by atoms with E-state index >= 15 is 0 Å². The second kappa shape index (κ2) is 5.90. The molecule has 0 radical (unpaired) electrons. The molecule has 102 valence electrons. The quantitative estimate of drug-likeness (QED) is 0.645. The van der Waals surface area contributed by atoms with Crippen molar-refractivity contribution in [1.29, 1.82) is 5.26 Å². The molecule has 1 aromatic heterocycles. The molecule has 0 bridgehead atoms. The van der Waals surface area contributed by atoms with Gasteiger partial charge in [0.15, 0.2) is 5.82 Å². The molecule has 0 spiro atoms. The van der Waals surface area contributed by atoms with Gasteiger partial charge in [-0.25, -0.2) is 4.99 Å². The number of nitriles is 1. The summed E-state index contributed by atoms with van der Waals surface area (Å²) in [6, 6.07) is 6.88. The van der Waals surface area contributed by atoms with E-state index in [2.05, 4.69) is 15.3 Å². The molecule has 0 aliphatic carbocycles. The van der Waals surface area contributed by atoms with Gasteiger partial charge in [0, 0.05) is 24.1 Å². The summed E-state index contributed by atoms with van der Waals surface area (Å²) in [4.78, 5) is 5.94. The van der Waals surface area contributed by atoms with E-state index < -0.39 is 0 Å². The summed E-state index contributed by atoms with van der Waals surface area (Å²) in [5.74, 6) is 0.319. The first-order valence-corrected chi connectivity index (χ1v) is 6.29. The van der Waals surface area contributed by atoms with E-state index in [4.69, 9.17) is 28.5 Å². The van der Waals surface area contributed by atoms with Crippen molar-refractivity contribution in [3.8, 4) is 11.8 Å².